The molecule has 0 aliphatic carbocycles. The van der Waals surface area contributed by atoms with Gasteiger partial charge in [-0.15, -0.1) is 0 Å². The fraction of sp³-hybridized carbons (Fsp3) is 0.286. The van der Waals surface area contributed by atoms with E-state index in [9.17, 15) is 9.18 Å². The largest absolute Gasteiger partial charge is 0.323 e. The SMILES string of the molecule is CCCC(=O)Nc1cnn(Cc2c(F)cccc2Cl)c1. The summed E-state index contributed by atoms with van der Waals surface area (Å²) in [5.41, 5.74) is 0.972. The molecule has 6 heteroatoms. The lowest BCUT2D eigenvalue weighted by Crippen LogP contribution is -2.10. The van der Waals surface area contributed by atoms with Crippen molar-refractivity contribution in [1.29, 1.82) is 0 Å². The van der Waals surface area contributed by atoms with E-state index in [4.69, 9.17) is 11.6 Å². The van der Waals surface area contributed by atoms with E-state index < -0.39 is 0 Å². The van der Waals surface area contributed by atoms with Gasteiger partial charge in [0.1, 0.15) is 5.82 Å². The number of nitrogens with zero attached hydrogens (tertiary/aromatic N) is 2. The summed E-state index contributed by atoms with van der Waals surface area (Å²) < 4.78 is 15.2. The minimum absolute atomic E-state index is 0.0593. The van der Waals surface area contributed by atoms with Gasteiger partial charge in [-0.2, -0.15) is 5.10 Å². The summed E-state index contributed by atoms with van der Waals surface area (Å²) in [6.45, 7) is 2.15. The second kappa shape index (κ2) is 6.52. The van der Waals surface area contributed by atoms with Crippen LogP contribution in [0.2, 0.25) is 5.02 Å². The van der Waals surface area contributed by atoms with Gasteiger partial charge in [0.15, 0.2) is 0 Å². The van der Waals surface area contributed by atoms with Crippen LogP contribution in [0.25, 0.3) is 0 Å². The number of anilines is 1. The molecule has 1 amide bonds. The van der Waals surface area contributed by atoms with Crippen molar-refractivity contribution in [2.75, 3.05) is 5.32 Å². The molecule has 4 nitrogen and oxygen atoms in total. The fourth-order valence-electron chi connectivity index (χ4n) is 1.81. The quantitative estimate of drug-likeness (QED) is 0.918. The van der Waals surface area contributed by atoms with Crippen LogP contribution in [0.5, 0.6) is 0 Å². The smallest absolute Gasteiger partial charge is 0.224 e. The van der Waals surface area contributed by atoms with Crippen LogP contribution >= 0.6 is 11.6 Å². The van der Waals surface area contributed by atoms with Gasteiger partial charge in [-0.3, -0.25) is 9.48 Å². The zero-order valence-electron chi connectivity index (χ0n) is 11.1. The van der Waals surface area contributed by atoms with Crippen LogP contribution in [-0.2, 0) is 11.3 Å². The summed E-state index contributed by atoms with van der Waals surface area (Å²) in [6.07, 6.45) is 4.42. The zero-order valence-corrected chi connectivity index (χ0v) is 11.8. The second-order valence-electron chi connectivity index (χ2n) is 4.42. The van der Waals surface area contributed by atoms with Gasteiger partial charge in [0, 0.05) is 23.2 Å². The predicted molar refractivity (Wildman–Crippen MR) is 76.3 cm³/mol. The minimum atomic E-state index is -0.371. The van der Waals surface area contributed by atoms with Crippen molar-refractivity contribution < 1.29 is 9.18 Å². The van der Waals surface area contributed by atoms with Gasteiger partial charge in [0.2, 0.25) is 5.91 Å². The van der Waals surface area contributed by atoms with E-state index in [1.165, 1.54) is 16.9 Å². The van der Waals surface area contributed by atoms with Gasteiger partial charge in [-0.05, 0) is 18.6 Å². The molecule has 2 rings (SSSR count). The van der Waals surface area contributed by atoms with E-state index in [2.05, 4.69) is 10.4 Å². The molecule has 0 saturated heterocycles. The predicted octanol–water partition coefficient (Wildman–Crippen LogP) is 3.46. The summed E-state index contributed by atoms with van der Waals surface area (Å²) in [5.74, 6) is -0.430. The Hall–Kier alpha value is -1.88. The van der Waals surface area contributed by atoms with Crippen LogP contribution in [-0.4, -0.2) is 15.7 Å². The van der Waals surface area contributed by atoms with Crippen molar-refractivity contribution in [1.82, 2.24) is 9.78 Å². The average molecular weight is 296 g/mol. The first kappa shape index (κ1) is 14.5. The number of hydrogen-bond donors (Lipinski definition) is 1. The molecular formula is C14H15ClFN3O. The molecule has 2 aromatic rings. The third-order valence-electron chi connectivity index (χ3n) is 2.78. The topological polar surface area (TPSA) is 46.9 Å². The van der Waals surface area contributed by atoms with Crippen LogP contribution in [0.4, 0.5) is 10.1 Å². The summed E-state index contributed by atoms with van der Waals surface area (Å²) in [5, 5.41) is 7.17. The summed E-state index contributed by atoms with van der Waals surface area (Å²) in [4.78, 5) is 11.5. The van der Waals surface area contributed by atoms with E-state index in [-0.39, 0.29) is 18.3 Å². The molecule has 106 valence electrons. The Balaban J connectivity index is 2.08. The van der Waals surface area contributed by atoms with Crippen LogP contribution in [0.3, 0.4) is 0 Å². The molecule has 0 unspecified atom stereocenters. The van der Waals surface area contributed by atoms with Crippen molar-refractivity contribution in [3.05, 3.63) is 47.0 Å². The van der Waals surface area contributed by atoms with E-state index in [0.29, 0.717) is 22.7 Å². The van der Waals surface area contributed by atoms with Crippen LogP contribution < -0.4 is 5.32 Å². The van der Waals surface area contributed by atoms with E-state index in [0.717, 1.165) is 6.42 Å². The first-order valence-electron chi connectivity index (χ1n) is 6.35. The summed E-state index contributed by atoms with van der Waals surface area (Å²) >= 11 is 5.96. The van der Waals surface area contributed by atoms with Crippen LogP contribution in [0, 0.1) is 5.82 Å². The Morgan fingerprint density at radius 1 is 1.50 bits per heavy atom. The number of hydrogen-bond acceptors (Lipinski definition) is 2. The highest BCUT2D eigenvalue weighted by atomic mass is 35.5. The Kier molecular flexibility index (Phi) is 4.74. The molecule has 1 aromatic heterocycles. The molecule has 0 aliphatic rings. The monoisotopic (exact) mass is 295 g/mol. The Morgan fingerprint density at radius 3 is 3.00 bits per heavy atom. The van der Waals surface area contributed by atoms with Gasteiger partial charge < -0.3 is 5.32 Å². The molecule has 1 aromatic carbocycles. The van der Waals surface area contributed by atoms with E-state index in [1.807, 2.05) is 6.92 Å². The lowest BCUT2D eigenvalue weighted by atomic mass is 10.2. The van der Waals surface area contributed by atoms with Crippen molar-refractivity contribution in [3.8, 4) is 0 Å². The van der Waals surface area contributed by atoms with Gasteiger partial charge in [0.25, 0.3) is 0 Å². The van der Waals surface area contributed by atoms with Gasteiger partial charge >= 0.3 is 0 Å². The van der Waals surface area contributed by atoms with Crippen molar-refractivity contribution in [2.45, 2.75) is 26.3 Å². The van der Waals surface area contributed by atoms with E-state index >= 15 is 0 Å². The number of benzene rings is 1. The first-order valence-corrected chi connectivity index (χ1v) is 6.73. The maximum Gasteiger partial charge on any atom is 0.224 e. The fourth-order valence-corrected chi connectivity index (χ4v) is 2.03. The number of carbonyl (C=O) groups is 1. The number of carbonyl (C=O) groups excluding carboxylic acids is 1. The Labute approximate surface area is 121 Å². The summed E-state index contributed by atoms with van der Waals surface area (Å²) in [7, 11) is 0. The van der Waals surface area contributed by atoms with Crippen molar-refractivity contribution in [3.63, 3.8) is 0 Å². The average Bonchev–Trinajstić information content (AvgIpc) is 2.82. The Morgan fingerprint density at radius 2 is 2.30 bits per heavy atom. The third kappa shape index (κ3) is 3.57. The van der Waals surface area contributed by atoms with Gasteiger partial charge in [0.05, 0.1) is 18.4 Å². The van der Waals surface area contributed by atoms with Crippen molar-refractivity contribution >= 4 is 23.2 Å². The molecule has 1 heterocycles. The molecule has 0 fully saturated rings. The molecular weight excluding hydrogens is 281 g/mol. The molecule has 0 atom stereocenters. The number of amides is 1. The molecule has 1 N–H and O–H groups in total. The maximum atomic E-state index is 13.7. The van der Waals surface area contributed by atoms with Crippen LogP contribution in [0.1, 0.15) is 25.3 Å². The van der Waals surface area contributed by atoms with Crippen molar-refractivity contribution in [2.24, 2.45) is 0 Å². The lowest BCUT2D eigenvalue weighted by molar-refractivity contribution is -0.116. The molecule has 0 saturated carbocycles. The first-order chi connectivity index (χ1) is 9.60. The standard InChI is InChI=1S/C14H15ClFN3O/c1-2-4-14(20)18-10-7-17-19(8-10)9-11-12(15)5-3-6-13(11)16/h3,5-8H,2,4,9H2,1H3,(H,18,20). The van der Waals surface area contributed by atoms with Gasteiger partial charge in [-0.25, -0.2) is 4.39 Å². The summed E-state index contributed by atoms with van der Waals surface area (Å²) in [6, 6.07) is 4.54. The van der Waals surface area contributed by atoms with E-state index in [1.54, 1.807) is 18.3 Å². The Bertz CT molecular complexity index is 592. The lowest BCUT2D eigenvalue weighted by Gasteiger charge is -2.05. The number of rotatable bonds is 5. The van der Waals surface area contributed by atoms with Gasteiger partial charge in [-0.1, -0.05) is 24.6 Å². The molecule has 0 spiro atoms. The third-order valence-corrected chi connectivity index (χ3v) is 3.13. The molecule has 0 radical (unpaired) electrons. The molecule has 20 heavy (non-hydrogen) atoms. The minimum Gasteiger partial charge on any atom is -0.323 e. The highest BCUT2D eigenvalue weighted by Gasteiger charge is 2.09. The zero-order chi connectivity index (χ0) is 14.5. The number of aromatic nitrogens is 2. The molecule has 0 aliphatic heterocycles. The number of nitrogens with one attached hydrogen (secondary N) is 1. The highest BCUT2D eigenvalue weighted by molar-refractivity contribution is 6.31. The normalized spacial score (nSPS) is 10.6. The van der Waals surface area contributed by atoms with Crippen LogP contribution in [0.15, 0.2) is 30.6 Å². The highest BCUT2D eigenvalue weighted by Crippen LogP contribution is 2.20. The maximum absolute atomic E-state index is 13.7. The second-order valence-corrected chi connectivity index (χ2v) is 4.83. The molecule has 0 bridgehead atoms. The number of halogens is 2.